The van der Waals surface area contributed by atoms with Gasteiger partial charge in [0, 0.05) is 39.1 Å². The maximum absolute atomic E-state index is 10.6. The Balaban J connectivity index is 1.74. The number of carbonyl (C=O) groups is 1. The molecule has 1 heterocycles. The van der Waals surface area contributed by atoms with Gasteiger partial charge in [-0.15, -0.1) is 0 Å². The molecule has 1 amide bonds. The number of aliphatic hydroxyl groups is 1. The first-order valence-electron chi connectivity index (χ1n) is 7.08. The van der Waals surface area contributed by atoms with Crippen molar-refractivity contribution in [3.8, 4) is 5.75 Å². The molecule has 0 atom stereocenters. The summed E-state index contributed by atoms with van der Waals surface area (Å²) in [5.74, 6) is 0.117. The van der Waals surface area contributed by atoms with Gasteiger partial charge in [0.05, 0.1) is 5.60 Å². The van der Waals surface area contributed by atoms with Gasteiger partial charge in [0.15, 0.2) is 6.61 Å². The van der Waals surface area contributed by atoms with Crippen molar-refractivity contribution in [2.24, 2.45) is 5.73 Å². The van der Waals surface area contributed by atoms with Gasteiger partial charge in [-0.25, -0.2) is 0 Å². The Bertz CT molecular complexity index is 455. The fourth-order valence-electron chi connectivity index (χ4n) is 2.23. The lowest BCUT2D eigenvalue weighted by molar-refractivity contribution is -0.119. The van der Waals surface area contributed by atoms with E-state index in [1.165, 1.54) is 0 Å². The van der Waals surface area contributed by atoms with E-state index in [9.17, 15) is 9.90 Å². The lowest BCUT2D eigenvalue weighted by atomic mass is 9.94. The van der Waals surface area contributed by atoms with Crippen molar-refractivity contribution < 1.29 is 19.4 Å². The summed E-state index contributed by atoms with van der Waals surface area (Å²) in [5, 5.41) is 13.6. The quantitative estimate of drug-likeness (QED) is 0.667. The average molecular weight is 294 g/mol. The van der Waals surface area contributed by atoms with Crippen molar-refractivity contribution in [3.63, 3.8) is 0 Å². The first-order valence-corrected chi connectivity index (χ1v) is 7.08. The van der Waals surface area contributed by atoms with Gasteiger partial charge in [0.1, 0.15) is 5.75 Å². The molecule has 1 aliphatic heterocycles. The third-order valence-electron chi connectivity index (χ3n) is 3.51. The third kappa shape index (κ3) is 5.34. The molecular formula is C15H22N2O4. The number of nitrogens with one attached hydrogen (secondary N) is 1. The molecule has 116 valence electrons. The first kappa shape index (κ1) is 15.8. The van der Waals surface area contributed by atoms with Crippen molar-refractivity contribution in [2.75, 3.05) is 26.4 Å². The van der Waals surface area contributed by atoms with Gasteiger partial charge in [-0.1, -0.05) is 12.1 Å². The number of benzene rings is 1. The third-order valence-corrected chi connectivity index (χ3v) is 3.51. The van der Waals surface area contributed by atoms with E-state index in [0.717, 1.165) is 5.56 Å². The van der Waals surface area contributed by atoms with Crippen LogP contribution in [0.4, 0.5) is 0 Å². The summed E-state index contributed by atoms with van der Waals surface area (Å²) in [6.07, 6.45) is 1.33. The molecule has 0 radical (unpaired) electrons. The highest BCUT2D eigenvalue weighted by molar-refractivity contribution is 5.75. The maximum Gasteiger partial charge on any atom is 0.255 e. The predicted molar refractivity (Wildman–Crippen MR) is 77.8 cm³/mol. The number of rotatable bonds is 7. The van der Waals surface area contributed by atoms with E-state index >= 15 is 0 Å². The van der Waals surface area contributed by atoms with Crippen LogP contribution < -0.4 is 15.8 Å². The molecule has 0 saturated carbocycles. The summed E-state index contributed by atoms with van der Waals surface area (Å²) < 4.78 is 10.4. The number of carbonyl (C=O) groups excluding carboxylic acids is 1. The molecule has 21 heavy (non-hydrogen) atoms. The van der Waals surface area contributed by atoms with Crippen molar-refractivity contribution in [3.05, 3.63) is 29.8 Å². The Labute approximate surface area is 124 Å². The van der Waals surface area contributed by atoms with Gasteiger partial charge in [-0.3, -0.25) is 4.79 Å². The van der Waals surface area contributed by atoms with Crippen LogP contribution in [-0.4, -0.2) is 43.0 Å². The summed E-state index contributed by atoms with van der Waals surface area (Å²) in [7, 11) is 0. The van der Waals surface area contributed by atoms with Crippen LogP contribution in [0, 0.1) is 0 Å². The summed E-state index contributed by atoms with van der Waals surface area (Å²) in [6, 6.07) is 7.42. The van der Waals surface area contributed by atoms with Crippen molar-refractivity contribution >= 4 is 5.91 Å². The highest BCUT2D eigenvalue weighted by Crippen LogP contribution is 2.19. The molecule has 0 unspecified atom stereocenters. The number of ether oxygens (including phenoxy) is 2. The Morgan fingerprint density at radius 3 is 2.62 bits per heavy atom. The minimum atomic E-state index is -0.664. The van der Waals surface area contributed by atoms with Crippen LogP contribution in [0.5, 0.6) is 5.75 Å². The number of hydrogen-bond donors (Lipinski definition) is 3. The van der Waals surface area contributed by atoms with E-state index in [2.05, 4.69) is 5.32 Å². The van der Waals surface area contributed by atoms with Gasteiger partial charge in [-0.05, 0) is 17.7 Å². The van der Waals surface area contributed by atoms with Gasteiger partial charge >= 0.3 is 0 Å². The maximum atomic E-state index is 10.6. The molecular weight excluding hydrogens is 272 g/mol. The smallest absolute Gasteiger partial charge is 0.255 e. The largest absolute Gasteiger partial charge is 0.484 e. The highest BCUT2D eigenvalue weighted by Gasteiger charge is 2.28. The summed E-state index contributed by atoms with van der Waals surface area (Å²) in [6.45, 7) is 2.33. The second kappa shape index (κ2) is 7.40. The second-order valence-electron chi connectivity index (χ2n) is 5.34. The topological polar surface area (TPSA) is 93.8 Å². The van der Waals surface area contributed by atoms with Crippen LogP contribution in [0.15, 0.2) is 24.3 Å². The van der Waals surface area contributed by atoms with Crippen LogP contribution in [0.2, 0.25) is 0 Å². The SMILES string of the molecule is NC(=O)COc1ccc(CNCC2(O)CCOCC2)cc1. The van der Waals surface area contributed by atoms with Gasteiger partial charge in [0.25, 0.3) is 5.91 Å². The molecule has 6 nitrogen and oxygen atoms in total. The predicted octanol–water partition coefficient (Wildman–Crippen LogP) is 0.182. The normalized spacial score (nSPS) is 17.4. The van der Waals surface area contributed by atoms with Gasteiger partial charge < -0.3 is 25.6 Å². The van der Waals surface area contributed by atoms with Crippen molar-refractivity contribution in [1.29, 1.82) is 0 Å². The van der Waals surface area contributed by atoms with Gasteiger partial charge in [-0.2, -0.15) is 0 Å². The van der Waals surface area contributed by atoms with E-state index in [1.54, 1.807) is 12.1 Å². The molecule has 1 saturated heterocycles. The van der Waals surface area contributed by atoms with Crippen LogP contribution in [0.1, 0.15) is 18.4 Å². The van der Waals surface area contributed by atoms with Crippen molar-refractivity contribution in [1.82, 2.24) is 5.32 Å². The van der Waals surface area contributed by atoms with E-state index < -0.39 is 11.5 Å². The molecule has 6 heteroatoms. The Morgan fingerprint density at radius 2 is 2.00 bits per heavy atom. The minimum Gasteiger partial charge on any atom is -0.484 e. The molecule has 4 N–H and O–H groups in total. The molecule has 1 aromatic carbocycles. The highest BCUT2D eigenvalue weighted by atomic mass is 16.5. The van der Waals surface area contributed by atoms with Gasteiger partial charge in [0.2, 0.25) is 0 Å². The number of primary amides is 1. The molecule has 0 bridgehead atoms. The van der Waals surface area contributed by atoms with Crippen LogP contribution in [-0.2, 0) is 16.1 Å². The lowest BCUT2D eigenvalue weighted by Crippen LogP contribution is -2.44. The van der Waals surface area contributed by atoms with E-state index in [1.807, 2.05) is 12.1 Å². The minimum absolute atomic E-state index is 0.118. The van der Waals surface area contributed by atoms with E-state index in [4.69, 9.17) is 15.2 Å². The zero-order chi connectivity index (χ0) is 15.1. The fraction of sp³-hybridized carbons (Fsp3) is 0.533. The zero-order valence-electron chi connectivity index (χ0n) is 12.0. The zero-order valence-corrected chi connectivity index (χ0v) is 12.0. The first-order chi connectivity index (χ1) is 10.1. The molecule has 0 spiro atoms. The van der Waals surface area contributed by atoms with Crippen LogP contribution in [0.3, 0.4) is 0 Å². The molecule has 1 aromatic rings. The standard InChI is InChI=1S/C15H22N2O4/c16-14(18)10-21-13-3-1-12(2-4-13)9-17-11-15(19)5-7-20-8-6-15/h1-4,17,19H,5-11H2,(H2,16,18). The second-order valence-corrected chi connectivity index (χ2v) is 5.34. The number of nitrogens with two attached hydrogens (primary N) is 1. The lowest BCUT2D eigenvalue weighted by Gasteiger charge is -2.32. The number of hydrogen-bond acceptors (Lipinski definition) is 5. The molecule has 2 rings (SSSR count). The van der Waals surface area contributed by atoms with Crippen molar-refractivity contribution in [2.45, 2.75) is 25.0 Å². The molecule has 0 aliphatic carbocycles. The van der Waals surface area contributed by atoms with Crippen LogP contribution >= 0.6 is 0 Å². The summed E-state index contributed by atoms with van der Waals surface area (Å²) in [5.41, 5.74) is 5.43. The molecule has 1 fully saturated rings. The average Bonchev–Trinajstić information content (AvgIpc) is 2.47. The van der Waals surface area contributed by atoms with Crippen LogP contribution in [0.25, 0.3) is 0 Å². The van der Waals surface area contributed by atoms with E-state index in [0.29, 0.717) is 44.9 Å². The molecule has 1 aliphatic rings. The summed E-state index contributed by atoms with van der Waals surface area (Å²) >= 11 is 0. The van der Waals surface area contributed by atoms with E-state index in [-0.39, 0.29) is 6.61 Å². The monoisotopic (exact) mass is 294 g/mol. The molecule has 0 aromatic heterocycles. The Kier molecular flexibility index (Phi) is 5.55. The summed E-state index contributed by atoms with van der Waals surface area (Å²) in [4.78, 5) is 10.6. The fourth-order valence-corrected chi connectivity index (χ4v) is 2.23. The Hall–Kier alpha value is -1.63. The number of amides is 1. The Morgan fingerprint density at radius 1 is 1.33 bits per heavy atom.